The lowest BCUT2D eigenvalue weighted by atomic mass is 10.1. The van der Waals surface area contributed by atoms with Crippen LogP contribution >= 0.6 is 0 Å². The van der Waals surface area contributed by atoms with Crippen LogP contribution in [0.3, 0.4) is 0 Å². The number of nitrogens with zero attached hydrogens (tertiary/aromatic N) is 1. The zero-order valence-corrected chi connectivity index (χ0v) is 11.2. The van der Waals surface area contributed by atoms with Gasteiger partial charge in [0.15, 0.2) is 0 Å². The molecule has 1 aliphatic rings. The number of hydrogen-bond donors (Lipinski definition) is 2. The van der Waals surface area contributed by atoms with Gasteiger partial charge in [-0.25, -0.2) is 0 Å². The third kappa shape index (κ3) is 2.61. The Labute approximate surface area is 114 Å². The van der Waals surface area contributed by atoms with E-state index < -0.39 is 0 Å². The monoisotopic (exact) mass is 253 g/mol. The van der Waals surface area contributed by atoms with Gasteiger partial charge in [0.25, 0.3) is 0 Å². The summed E-state index contributed by atoms with van der Waals surface area (Å²) in [5.41, 5.74) is 5.19. The van der Waals surface area contributed by atoms with Crippen molar-refractivity contribution < 1.29 is 0 Å². The fourth-order valence-electron chi connectivity index (χ4n) is 2.56. The molecule has 2 N–H and O–H groups in total. The highest BCUT2D eigenvalue weighted by molar-refractivity contribution is 5.61. The Morgan fingerprint density at radius 1 is 1.26 bits per heavy atom. The van der Waals surface area contributed by atoms with Crippen LogP contribution in [0.4, 0.5) is 5.69 Å². The van der Waals surface area contributed by atoms with E-state index in [0.717, 1.165) is 25.2 Å². The molecule has 0 fully saturated rings. The summed E-state index contributed by atoms with van der Waals surface area (Å²) in [6.45, 7) is 4.08. The van der Waals surface area contributed by atoms with Crippen LogP contribution in [0.25, 0.3) is 0 Å². The third-order valence-corrected chi connectivity index (χ3v) is 3.66. The predicted octanol–water partition coefficient (Wildman–Crippen LogP) is 2.90. The third-order valence-electron chi connectivity index (χ3n) is 3.66. The van der Waals surface area contributed by atoms with Crippen molar-refractivity contribution in [3.8, 4) is 0 Å². The Morgan fingerprint density at radius 3 is 3.05 bits per heavy atom. The molecule has 0 radical (unpaired) electrons. The van der Waals surface area contributed by atoms with Crippen LogP contribution in [0, 0.1) is 0 Å². The van der Waals surface area contributed by atoms with Gasteiger partial charge in [-0.05, 0) is 36.6 Å². The second-order valence-corrected chi connectivity index (χ2v) is 4.99. The molecule has 0 bridgehead atoms. The van der Waals surface area contributed by atoms with Crippen LogP contribution in [0.15, 0.2) is 42.6 Å². The number of aromatic nitrogens is 1. The minimum atomic E-state index is 0.262. The van der Waals surface area contributed by atoms with E-state index in [-0.39, 0.29) is 6.04 Å². The Hall–Kier alpha value is -1.87. The fourth-order valence-corrected chi connectivity index (χ4v) is 2.56. The quantitative estimate of drug-likeness (QED) is 0.879. The number of anilines is 1. The first-order chi connectivity index (χ1) is 9.34. The molecular formula is C16H19N3. The molecule has 1 aliphatic heterocycles. The fraction of sp³-hybridized carbons (Fsp3) is 0.312. The van der Waals surface area contributed by atoms with Crippen molar-refractivity contribution in [1.82, 2.24) is 10.3 Å². The molecule has 3 heteroatoms. The average molecular weight is 253 g/mol. The van der Waals surface area contributed by atoms with Gasteiger partial charge in [-0.2, -0.15) is 0 Å². The Bertz CT molecular complexity index is 551. The normalized spacial score (nSPS) is 14.8. The van der Waals surface area contributed by atoms with Crippen LogP contribution in [0.1, 0.15) is 29.8 Å². The number of pyridine rings is 1. The first-order valence-electron chi connectivity index (χ1n) is 6.83. The molecule has 0 saturated heterocycles. The van der Waals surface area contributed by atoms with E-state index in [1.807, 2.05) is 18.3 Å². The summed E-state index contributed by atoms with van der Waals surface area (Å²) in [7, 11) is 0. The van der Waals surface area contributed by atoms with E-state index in [0.29, 0.717) is 0 Å². The summed E-state index contributed by atoms with van der Waals surface area (Å²) >= 11 is 0. The smallest absolute Gasteiger partial charge is 0.0570 e. The molecule has 0 unspecified atom stereocenters. The van der Waals surface area contributed by atoms with Gasteiger partial charge in [-0.15, -0.1) is 0 Å². The Kier molecular flexibility index (Phi) is 3.47. The summed E-state index contributed by atoms with van der Waals surface area (Å²) in [6.07, 6.45) is 2.98. The highest BCUT2D eigenvalue weighted by Crippen LogP contribution is 2.26. The van der Waals surface area contributed by atoms with Crippen LogP contribution in [-0.4, -0.2) is 11.5 Å². The molecule has 2 heterocycles. The second-order valence-electron chi connectivity index (χ2n) is 4.99. The summed E-state index contributed by atoms with van der Waals surface area (Å²) < 4.78 is 0. The standard InChI is InChI=1S/C16H19N3/c1-12(15-7-2-3-9-17-15)19-11-14-6-4-5-13-8-10-18-16(13)14/h2-7,9,12,18-19H,8,10-11H2,1H3/t12-/m1/s1. The van der Waals surface area contributed by atoms with Crippen LogP contribution in [0.2, 0.25) is 0 Å². The average Bonchev–Trinajstić information content (AvgIpc) is 2.94. The molecule has 0 aliphatic carbocycles. The maximum Gasteiger partial charge on any atom is 0.0570 e. The lowest BCUT2D eigenvalue weighted by Crippen LogP contribution is -2.19. The number of para-hydroxylation sites is 1. The van der Waals surface area contributed by atoms with Crippen LogP contribution < -0.4 is 10.6 Å². The lowest BCUT2D eigenvalue weighted by Gasteiger charge is -2.15. The van der Waals surface area contributed by atoms with Crippen molar-refractivity contribution in [2.24, 2.45) is 0 Å². The summed E-state index contributed by atoms with van der Waals surface area (Å²) in [6, 6.07) is 12.8. The van der Waals surface area contributed by atoms with Gasteiger partial charge in [0, 0.05) is 31.0 Å². The van der Waals surface area contributed by atoms with Crippen LogP contribution in [0.5, 0.6) is 0 Å². The predicted molar refractivity (Wildman–Crippen MR) is 78.1 cm³/mol. The highest BCUT2D eigenvalue weighted by atomic mass is 15.0. The molecule has 1 atom stereocenters. The number of rotatable bonds is 4. The maximum atomic E-state index is 4.39. The summed E-state index contributed by atoms with van der Waals surface area (Å²) in [4.78, 5) is 4.39. The molecule has 2 aromatic rings. The number of nitrogens with one attached hydrogen (secondary N) is 2. The zero-order chi connectivity index (χ0) is 13.1. The van der Waals surface area contributed by atoms with E-state index in [4.69, 9.17) is 0 Å². The van der Waals surface area contributed by atoms with Gasteiger partial charge >= 0.3 is 0 Å². The first-order valence-corrected chi connectivity index (χ1v) is 6.83. The molecule has 1 aromatic carbocycles. The summed E-state index contributed by atoms with van der Waals surface area (Å²) in [5, 5.41) is 7.02. The Morgan fingerprint density at radius 2 is 2.21 bits per heavy atom. The van der Waals surface area contributed by atoms with Gasteiger partial charge in [0.2, 0.25) is 0 Å². The van der Waals surface area contributed by atoms with Crippen molar-refractivity contribution in [3.05, 3.63) is 59.4 Å². The van der Waals surface area contributed by atoms with Crippen molar-refractivity contribution in [3.63, 3.8) is 0 Å². The molecule has 19 heavy (non-hydrogen) atoms. The molecule has 3 rings (SSSR count). The molecule has 0 amide bonds. The number of benzene rings is 1. The van der Waals surface area contributed by atoms with Crippen molar-refractivity contribution >= 4 is 5.69 Å². The van der Waals surface area contributed by atoms with Crippen LogP contribution in [-0.2, 0) is 13.0 Å². The SMILES string of the molecule is C[C@@H](NCc1cccc2c1NCC2)c1ccccn1. The van der Waals surface area contributed by atoms with E-state index in [9.17, 15) is 0 Å². The maximum absolute atomic E-state index is 4.39. The number of hydrogen-bond acceptors (Lipinski definition) is 3. The molecule has 0 spiro atoms. The molecule has 3 nitrogen and oxygen atoms in total. The van der Waals surface area contributed by atoms with E-state index in [2.05, 4.69) is 46.8 Å². The number of fused-ring (bicyclic) bond motifs is 1. The topological polar surface area (TPSA) is 37.0 Å². The van der Waals surface area contributed by atoms with Gasteiger partial charge in [-0.1, -0.05) is 24.3 Å². The van der Waals surface area contributed by atoms with E-state index in [1.165, 1.54) is 16.8 Å². The molecular weight excluding hydrogens is 234 g/mol. The van der Waals surface area contributed by atoms with Crippen molar-refractivity contribution in [2.75, 3.05) is 11.9 Å². The Balaban J connectivity index is 1.69. The lowest BCUT2D eigenvalue weighted by molar-refractivity contribution is 0.562. The minimum absolute atomic E-state index is 0.262. The van der Waals surface area contributed by atoms with E-state index >= 15 is 0 Å². The van der Waals surface area contributed by atoms with E-state index in [1.54, 1.807) is 0 Å². The molecule has 1 aromatic heterocycles. The zero-order valence-electron chi connectivity index (χ0n) is 11.2. The van der Waals surface area contributed by atoms with Gasteiger partial charge in [0.05, 0.1) is 5.69 Å². The second kappa shape index (κ2) is 5.41. The summed E-state index contributed by atoms with van der Waals surface area (Å²) in [5.74, 6) is 0. The van der Waals surface area contributed by atoms with Crippen molar-refractivity contribution in [1.29, 1.82) is 0 Å². The largest absolute Gasteiger partial charge is 0.384 e. The molecule has 0 saturated carbocycles. The van der Waals surface area contributed by atoms with Crippen molar-refractivity contribution in [2.45, 2.75) is 25.9 Å². The highest BCUT2D eigenvalue weighted by Gasteiger charge is 2.14. The minimum Gasteiger partial charge on any atom is -0.384 e. The first kappa shape index (κ1) is 12.2. The van der Waals surface area contributed by atoms with Gasteiger partial charge in [0.1, 0.15) is 0 Å². The molecule has 98 valence electrons. The van der Waals surface area contributed by atoms with Gasteiger partial charge < -0.3 is 10.6 Å². The van der Waals surface area contributed by atoms with Gasteiger partial charge in [-0.3, -0.25) is 4.98 Å².